The third kappa shape index (κ3) is 5.06. The average molecular weight is 369 g/mol. The SMILES string of the molecule is CCOC(=O)c1ccc(N2CCN(CC3(C)CCNC3)CC2)nc1.Cl. The van der Waals surface area contributed by atoms with Crippen LogP contribution in [0.5, 0.6) is 0 Å². The maximum atomic E-state index is 11.7. The topological polar surface area (TPSA) is 57.7 Å². The number of esters is 1. The molecule has 1 atom stereocenters. The van der Waals surface area contributed by atoms with Crippen molar-refractivity contribution < 1.29 is 9.53 Å². The molecule has 0 amide bonds. The number of carbonyl (C=O) groups excluding carboxylic acids is 1. The van der Waals surface area contributed by atoms with E-state index in [-0.39, 0.29) is 18.4 Å². The molecule has 140 valence electrons. The summed E-state index contributed by atoms with van der Waals surface area (Å²) in [6.45, 7) is 12.1. The largest absolute Gasteiger partial charge is 0.462 e. The van der Waals surface area contributed by atoms with Gasteiger partial charge in [-0.2, -0.15) is 0 Å². The molecule has 3 heterocycles. The number of piperazine rings is 1. The van der Waals surface area contributed by atoms with Gasteiger partial charge >= 0.3 is 5.97 Å². The predicted molar refractivity (Wildman–Crippen MR) is 102 cm³/mol. The number of pyridine rings is 1. The summed E-state index contributed by atoms with van der Waals surface area (Å²) in [5.74, 6) is 0.635. The van der Waals surface area contributed by atoms with Crippen molar-refractivity contribution in [2.75, 3.05) is 57.3 Å². The summed E-state index contributed by atoms with van der Waals surface area (Å²) in [7, 11) is 0. The van der Waals surface area contributed by atoms with Crippen molar-refractivity contribution in [3.8, 4) is 0 Å². The Morgan fingerprint density at radius 1 is 1.32 bits per heavy atom. The number of aromatic nitrogens is 1. The lowest BCUT2D eigenvalue weighted by Crippen LogP contribution is -2.50. The molecule has 2 fully saturated rings. The van der Waals surface area contributed by atoms with E-state index in [2.05, 4.69) is 27.0 Å². The normalized spacial score (nSPS) is 24.0. The molecule has 6 nitrogen and oxygen atoms in total. The minimum Gasteiger partial charge on any atom is -0.462 e. The second kappa shape index (κ2) is 8.83. The lowest BCUT2D eigenvalue weighted by atomic mass is 9.89. The summed E-state index contributed by atoms with van der Waals surface area (Å²) in [5.41, 5.74) is 0.933. The monoisotopic (exact) mass is 368 g/mol. The number of nitrogens with zero attached hydrogens (tertiary/aromatic N) is 3. The van der Waals surface area contributed by atoms with Crippen molar-refractivity contribution in [2.24, 2.45) is 5.41 Å². The Morgan fingerprint density at radius 3 is 2.64 bits per heavy atom. The molecule has 0 spiro atoms. The molecule has 2 saturated heterocycles. The van der Waals surface area contributed by atoms with E-state index >= 15 is 0 Å². The van der Waals surface area contributed by atoms with Crippen LogP contribution in [-0.4, -0.2) is 68.3 Å². The molecule has 25 heavy (non-hydrogen) atoms. The van der Waals surface area contributed by atoms with Gasteiger partial charge in [-0.15, -0.1) is 12.4 Å². The molecule has 0 bridgehead atoms. The van der Waals surface area contributed by atoms with Crippen molar-refractivity contribution >= 4 is 24.2 Å². The first-order valence-corrected chi connectivity index (χ1v) is 8.91. The van der Waals surface area contributed by atoms with Crippen LogP contribution in [0.1, 0.15) is 30.6 Å². The van der Waals surface area contributed by atoms with Crippen molar-refractivity contribution in [3.63, 3.8) is 0 Å². The van der Waals surface area contributed by atoms with Gasteiger partial charge in [0.15, 0.2) is 0 Å². The zero-order chi connectivity index (χ0) is 17.0. The first-order chi connectivity index (χ1) is 11.6. The first-order valence-electron chi connectivity index (χ1n) is 8.91. The molecular formula is C18H29ClN4O2. The van der Waals surface area contributed by atoms with E-state index in [0.717, 1.165) is 45.1 Å². The maximum absolute atomic E-state index is 11.7. The molecule has 0 aliphatic carbocycles. The summed E-state index contributed by atoms with van der Waals surface area (Å²) in [6.07, 6.45) is 2.88. The van der Waals surface area contributed by atoms with Gasteiger partial charge in [0.1, 0.15) is 5.82 Å². The molecule has 1 unspecified atom stereocenters. The van der Waals surface area contributed by atoms with Crippen LogP contribution in [-0.2, 0) is 4.74 Å². The Labute approximate surface area is 156 Å². The molecule has 1 N–H and O–H groups in total. The number of nitrogens with one attached hydrogen (secondary N) is 1. The Bertz CT molecular complexity index is 553. The van der Waals surface area contributed by atoms with Gasteiger partial charge in [-0.3, -0.25) is 4.90 Å². The van der Waals surface area contributed by atoms with E-state index in [1.54, 1.807) is 19.2 Å². The molecule has 0 aromatic carbocycles. The highest BCUT2D eigenvalue weighted by Crippen LogP contribution is 2.26. The average Bonchev–Trinajstić information content (AvgIpc) is 3.02. The third-order valence-corrected chi connectivity index (χ3v) is 5.02. The van der Waals surface area contributed by atoms with E-state index in [1.807, 2.05) is 6.07 Å². The number of anilines is 1. The summed E-state index contributed by atoms with van der Waals surface area (Å²) < 4.78 is 5.00. The molecular weight excluding hydrogens is 340 g/mol. The minimum atomic E-state index is -0.306. The fraction of sp³-hybridized carbons (Fsp3) is 0.667. The van der Waals surface area contributed by atoms with Crippen molar-refractivity contribution in [1.29, 1.82) is 0 Å². The van der Waals surface area contributed by atoms with Crippen LogP contribution in [0.25, 0.3) is 0 Å². The van der Waals surface area contributed by atoms with Gasteiger partial charge in [-0.25, -0.2) is 9.78 Å². The molecule has 3 rings (SSSR count). The van der Waals surface area contributed by atoms with Crippen LogP contribution >= 0.6 is 12.4 Å². The molecule has 2 aliphatic rings. The Hall–Kier alpha value is -1.37. The number of hydrogen-bond acceptors (Lipinski definition) is 6. The fourth-order valence-electron chi connectivity index (χ4n) is 3.59. The molecule has 7 heteroatoms. The summed E-state index contributed by atoms with van der Waals surface area (Å²) in [5, 5.41) is 3.48. The Balaban J connectivity index is 0.00000225. The van der Waals surface area contributed by atoms with Crippen LogP contribution in [0.3, 0.4) is 0 Å². The van der Waals surface area contributed by atoms with Gasteiger partial charge in [0.2, 0.25) is 0 Å². The third-order valence-electron chi connectivity index (χ3n) is 5.02. The number of rotatable bonds is 5. The first kappa shape index (κ1) is 19.9. The maximum Gasteiger partial charge on any atom is 0.339 e. The van der Waals surface area contributed by atoms with Gasteiger partial charge < -0.3 is 15.0 Å². The Morgan fingerprint density at radius 2 is 2.08 bits per heavy atom. The summed E-state index contributed by atoms with van der Waals surface area (Å²) in [6, 6.07) is 3.72. The van der Waals surface area contributed by atoms with E-state index in [1.165, 1.54) is 13.0 Å². The van der Waals surface area contributed by atoms with Crippen LogP contribution in [0, 0.1) is 5.41 Å². The summed E-state index contributed by atoms with van der Waals surface area (Å²) in [4.78, 5) is 21.0. The number of ether oxygens (including phenoxy) is 1. The van der Waals surface area contributed by atoms with Crippen LogP contribution < -0.4 is 10.2 Å². The zero-order valence-corrected chi connectivity index (χ0v) is 16.0. The highest BCUT2D eigenvalue weighted by Gasteiger charge is 2.31. The van der Waals surface area contributed by atoms with Crippen LogP contribution in [0.15, 0.2) is 18.3 Å². The molecule has 2 aliphatic heterocycles. The van der Waals surface area contributed by atoms with Gasteiger partial charge in [-0.1, -0.05) is 6.92 Å². The number of halogens is 1. The highest BCUT2D eigenvalue weighted by atomic mass is 35.5. The van der Waals surface area contributed by atoms with Gasteiger partial charge in [0.25, 0.3) is 0 Å². The molecule has 1 aromatic rings. The van der Waals surface area contributed by atoms with E-state index in [9.17, 15) is 4.79 Å². The lowest BCUT2D eigenvalue weighted by molar-refractivity contribution is 0.0526. The number of hydrogen-bond donors (Lipinski definition) is 1. The van der Waals surface area contributed by atoms with Gasteiger partial charge in [0.05, 0.1) is 12.2 Å². The fourth-order valence-corrected chi connectivity index (χ4v) is 3.59. The van der Waals surface area contributed by atoms with Crippen LogP contribution in [0.2, 0.25) is 0 Å². The van der Waals surface area contributed by atoms with Gasteiger partial charge in [0, 0.05) is 45.5 Å². The molecule has 1 aromatic heterocycles. The Kier molecular flexibility index (Phi) is 7.04. The molecule has 0 radical (unpaired) electrons. The van der Waals surface area contributed by atoms with Crippen LogP contribution in [0.4, 0.5) is 5.82 Å². The predicted octanol–water partition coefficient (Wildman–Crippen LogP) is 1.80. The summed E-state index contributed by atoms with van der Waals surface area (Å²) >= 11 is 0. The van der Waals surface area contributed by atoms with E-state index < -0.39 is 0 Å². The van der Waals surface area contributed by atoms with Crippen molar-refractivity contribution in [1.82, 2.24) is 15.2 Å². The quantitative estimate of drug-likeness (QED) is 0.800. The second-order valence-electron chi connectivity index (χ2n) is 7.13. The van der Waals surface area contributed by atoms with E-state index in [0.29, 0.717) is 17.6 Å². The second-order valence-corrected chi connectivity index (χ2v) is 7.13. The standard InChI is InChI=1S/C18H28N4O2.ClH/c1-3-24-17(23)15-4-5-16(20-12-15)22-10-8-21(9-11-22)14-18(2)6-7-19-13-18;/h4-5,12,19H,3,6-11,13-14H2,1-2H3;1H. The highest BCUT2D eigenvalue weighted by molar-refractivity contribution is 5.89. The van der Waals surface area contributed by atoms with E-state index in [4.69, 9.17) is 4.74 Å². The van der Waals surface area contributed by atoms with Crippen molar-refractivity contribution in [2.45, 2.75) is 20.3 Å². The minimum absolute atomic E-state index is 0. The van der Waals surface area contributed by atoms with Crippen molar-refractivity contribution in [3.05, 3.63) is 23.9 Å². The van der Waals surface area contributed by atoms with Gasteiger partial charge in [-0.05, 0) is 37.4 Å². The lowest BCUT2D eigenvalue weighted by Gasteiger charge is -2.39. The smallest absolute Gasteiger partial charge is 0.339 e. The molecule has 0 saturated carbocycles. The number of carbonyl (C=O) groups is 1. The zero-order valence-electron chi connectivity index (χ0n) is 15.2.